The quantitative estimate of drug-likeness (QED) is 0.344. The molecule has 1 fully saturated rings. The van der Waals surface area contributed by atoms with Gasteiger partial charge in [-0.05, 0) is 19.1 Å². The van der Waals surface area contributed by atoms with E-state index in [-0.39, 0.29) is 36.4 Å². The SMILES string of the molecule is COc1cnc(-c2ncon2)c2[nH]cc(C(=O)C(=O)N3CCN(C(=O)c4ccccc4)[C@H](C)C3)c12. The van der Waals surface area contributed by atoms with Gasteiger partial charge in [0.25, 0.3) is 17.6 Å². The van der Waals surface area contributed by atoms with Crippen LogP contribution in [0.2, 0.25) is 0 Å². The van der Waals surface area contributed by atoms with Crippen molar-refractivity contribution < 1.29 is 23.6 Å². The van der Waals surface area contributed by atoms with Gasteiger partial charge < -0.3 is 24.0 Å². The van der Waals surface area contributed by atoms with Gasteiger partial charge in [-0.1, -0.05) is 23.4 Å². The van der Waals surface area contributed by atoms with E-state index in [0.29, 0.717) is 34.5 Å². The van der Waals surface area contributed by atoms with E-state index in [1.807, 2.05) is 25.1 Å². The number of ketones is 1. The van der Waals surface area contributed by atoms with Gasteiger partial charge in [-0.25, -0.2) is 4.98 Å². The molecule has 11 heteroatoms. The zero-order valence-corrected chi connectivity index (χ0v) is 19.1. The third-order valence-electron chi connectivity index (χ3n) is 6.10. The summed E-state index contributed by atoms with van der Waals surface area (Å²) in [7, 11) is 1.46. The summed E-state index contributed by atoms with van der Waals surface area (Å²) < 4.78 is 10.2. The van der Waals surface area contributed by atoms with Crippen LogP contribution in [0.5, 0.6) is 5.75 Å². The molecule has 0 radical (unpaired) electrons. The number of methoxy groups -OCH3 is 1. The number of nitrogens with one attached hydrogen (secondary N) is 1. The van der Waals surface area contributed by atoms with E-state index in [1.165, 1.54) is 30.8 Å². The highest BCUT2D eigenvalue weighted by molar-refractivity contribution is 6.45. The number of hydrogen-bond donors (Lipinski definition) is 1. The van der Waals surface area contributed by atoms with Crippen LogP contribution in [0.1, 0.15) is 27.6 Å². The second-order valence-corrected chi connectivity index (χ2v) is 8.18. The molecule has 0 aliphatic carbocycles. The fourth-order valence-electron chi connectivity index (χ4n) is 4.35. The fraction of sp³-hybridized carbons (Fsp3) is 0.250. The molecule has 11 nitrogen and oxygen atoms in total. The molecule has 178 valence electrons. The topological polar surface area (TPSA) is 135 Å². The molecule has 0 bridgehead atoms. The highest BCUT2D eigenvalue weighted by atomic mass is 16.5. The van der Waals surface area contributed by atoms with Gasteiger partial charge in [-0.2, -0.15) is 4.98 Å². The number of rotatable bonds is 5. The normalized spacial score (nSPS) is 15.9. The molecule has 1 saturated heterocycles. The van der Waals surface area contributed by atoms with E-state index in [2.05, 4.69) is 20.1 Å². The van der Waals surface area contributed by atoms with Gasteiger partial charge in [-0.3, -0.25) is 14.4 Å². The van der Waals surface area contributed by atoms with Gasteiger partial charge in [0.15, 0.2) is 0 Å². The number of piperazine rings is 1. The van der Waals surface area contributed by atoms with Gasteiger partial charge >= 0.3 is 0 Å². The molecule has 3 aromatic heterocycles. The monoisotopic (exact) mass is 474 g/mol. The van der Waals surface area contributed by atoms with Gasteiger partial charge in [0.2, 0.25) is 12.2 Å². The minimum atomic E-state index is -0.685. The van der Waals surface area contributed by atoms with Crippen LogP contribution in [-0.2, 0) is 4.79 Å². The lowest BCUT2D eigenvalue weighted by molar-refractivity contribution is -0.128. The van der Waals surface area contributed by atoms with Gasteiger partial charge in [0, 0.05) is 37.4 Å². The van der Waals surface area contributed by atoms with E-state index in [0.717, 1.165) is 0 Å². The number of nitrogens with zero attached hydrogens (tertiary/aromatic N) is 5. The Hall–Kier alpha value is -4.54. The number of benzene rings is 1. The van der Waals surface area contributed by atoms with E-state index in [4.69, 9.17) is 9.26 Å². The number of ether oxygens (including phenoxy) is 1. The number of fused-ring (bicyclic) bond motifs is 1. The molecule has 0 unspecified atom stereocenters. The van der Waals surface area contributed by atoms with Crippen molar-refractivity contribution in [2.45, 2.75) is 13.0 Å². The predicted molar refractivity (Wildman–Crippen MR) is 124 cm³/mol. The Morgan fingerprint density at radius 1 is 1.14 bits per heavy atom. The van der Waals surface area contributed by atoms with Crippen LogP contribution in [0, 0.1) is 0 Å². The van der Waals surface area contributed by atoms with Crippen LogP contribution in [0.15, 0.2) is 53.6 Å². The third kappa shape index (κ3) is 3.90. The van der Waals surface area contributed by atoms with E-state index in [9.17, 15) is 14.4 Å². The molecule has 4 heterocycles. The largest absolute Gasteiger partial charge is 0.494 e. The van der Waals surface area contributed by atoms with Crippen LogP contribution in [-0.4, -0.2) is 80.3 Å². The summed E-state index contributed by atoms with van der Waals surface area (Å²) in [5, 5.41) is 4.21. The van der Waals surface area contributed by atoms with E-state index >= 15 is 0 Å². The standard InChI is InChI=1S/C24H22N6O5/c1-14-12-29(8-9-30(14)23(32)15-6-4-3-5-7-15)24(33)21(31)16-10-25-19-18(16)17(34-2)11-26-20(19)22-27-13-35-28-22/h3-7,10-11,13-14,25H,8-9,12H2,1-2H3/t14-/m1/s1. The Balaban J connectivity index is 1.39. The highest BCUT2D eigenvalue weighted by Gasteiger charge is 2.34. The van der Waals surface area contributed by atoms with Crippen LogP contribution >= 0.6 is 0 Å². The first kappa shape index (κ1) is 22.3. The van der Waals surface area contributed by atoms with E-state index < -0.39 is 11.7 Å². The van der Waals surface area contributed by atoms with Crippen molar-refractivity contribution in [2.75, 3.05) is 26.7 Å². The zero-order chi connectivity index (χ0) is 24.5. The first-order chi connectivity index (χ1) is 17.0. The third-order valence-corrected chi connectivity index (χ3v) is 6.10. The number of aromatic amines is 1. The molecule has 1 atom stereocenters. The van der Waals surface area contributed by atoms with Crippen molar-refractivity contribution in [1.29, 1.82) is 0 Å². The van der Waals surface area contributed by atoms with Gasteiger partial charge in [-0.15, -0.1) is 0 Å². The average Bonchev–Trinajstić information content (AvgIpc) is 3.58. The molecule has 1 aromatic carbocycles. The Morgan fingerprint density at radius 2 is 1.94 bits per heavy atom. The molecule has 35 heavy (non-hydrogen) atoms. The number of carbonyl (C=O) groups is 3. The highest BCUT2D eigenvalue weighted by Crippen LogP contribution is 2.33. The van der Waals surface area contributed by atoms with Crippen LogP contribution in [0.3, 0.4) is 0 Å². The Bertz CT molecular complexity index is 1400. The van der Waals surface area contributed by atoms with Crippen molar-refractivity contribution in [3.8, 4) is 17.3 Å². The zero-order valence-electron chi connectivity index (χ0n) is 19.1. The van der Waals surface area contributed by atoms with Crippen molar-refractivity contribution in [3.63, 3.8) is 0 Å². The number of H-pyrrole nitrogens is 1. The summed E-state index contributed by atoms with van der Waals surface area (Å²) in [6.07, 6.45) is 4.07. The predicted octanol–water partition coefficient (Wildman–Crippen LogP) is 2.18. The molecular weight excluding hydrogens is 452 g/mol. The molecule has 2 amide bonds. The summed E-state index contributed by atoms with van der Waals surface area (Å²) in [6.45, 7) is 2.69. The molecule has 0 saturated carbocycles. The molecule has 1 N–H and O–H groups in total. The molecule has 4 aromatic rings. The number of carbonyl (C=O) groups excluding carboxylic acids is 3. The van der Waals surface area contributed by atoms with Crippen molar-refractivity contribution in [2.24, 2.45) is 0 Å². The van der Waals surface area contributed by atoms with Crippen molar-refractivity contribution in [1.82, 2.24) is 29.9 Å². The summed E-state index contributed by atoms with van der Waals surface area (Å²) >= 11 is 0. The average molecular weight is 474 g/mol. The molecule has 0 spiro atoms. The number of hydrogen-bond acceptors (Lipinski definition) is 8. The lowest BCUT2D eigenvalue weighted by Gasteiger charge is -2.39. The van der Waals surface area contributed by atoms with Crippen LogP contribution in [0.4, 0.5) is 0 Å². The summed E-state index contributed by atoms with van der Waals surface area (Å²) in [5.74, 6) is -0.868. The Kier molecular flexibility index (Phi) is 5.73. The van der Waals surface area contributed by atoms with Crippen LogP contribution < -0.4 is 4.74 Å². The van der Waals surface area contributed by atoms with Gasteiger partial charge in [0.1, 0.15) is 11.4 Å². The second-order valence-electron chi connectivity index (χ2n) is 8.18. The molecule has 1 aliphatic rings. The molecule has 1 aliphatic heterocycles. The number of pyridine rings is 1. The maximum absolute atomic E-state index is 13.3. The number of amides is 2. The van der Waals surface area contributed by atoms with E-state index in [1.54, 1.807) is 17.0 Å². The second kappa shape index (κ2) is 9.01. The molecular formula is C24H22N6O5. The Morgan fingerprint density at radius 3 is 2.63 bits per heavy atom. The maximum atomic E-state index is 13.3. The number of Topliss-reactive ketones (excluding diaryl/α,β-unsaturated/α-hetero) is 1. The summed E-state index contributed by atoms with van der Waals surface area (Å²) in [4.78, 5) is 53.9. The van der Waals surface area contributed by atoms with Crippen LogP contribution in [0.25, 0.3) is 22.4 Å². The summed E-state index contributed by atoms with van der Waals surface area (Å²) in [6, 6.07) is 8.75. The summed E-state index contributed by atoms with van der Waals surface area (Å²) in [5.41, 5.74) is 1.56. The van der Waals surface area contributed by atoms with Crippen molar-refractivity contribution in [3.05, 3.63) is 60.2 Å². The fourth-order valence-corrected chi connectivity index (χ4v) is 4.35. The minimum absolute atomic E-state index is 0.0978. The van der Waals surface area contributed by atoms with Crippen molar-refractivity contribution >= 4 is 28.5 Å². The number of aromatic nitrogens is 4. The molecule has 5 rings (SSSR count). The lowest BCUT2D eigenvalue weighted by Crippen LogP contribution is -2.56. The first-order valence-corrected chi connectivity index (χ1v) is 11.0. The van der Waals surface area contributed by atoms with Gasteiger partial charge in [0.05, 0.1) is 29.8 Å². The minimum Gasteiger partial charge on any atom is -0.494 e. The Labute approximate surface area is 199 Å². The smallest absolute Gasteiger partial charge is 0.295 e. The maximum Gasteiger partial charge on any atom is 0.295 e. The lowest BCUT2D eigenvalue weighted by atomic mass is 10.1. The first-order valence-electron chi connectivity index (χ1n) is 11.0.